The molecule has 8 unspecified atom stereocenters. The Kier molecular flexibility index (Phi) is 8.84. The van der Waals surface area contributed by atoms with Crippen molar-refractivity contribution in [1.29, 1.82) is 0 Å². The van der Waals surface area contributed by atoms with E-state index in [4.69, 9.17) is 9.15 Å². The summed E-state index contributed by atoms with van der Waals surface area (Å²) in [6, 6.07) is 5.12. The van der Waals surface area contributed by atoms with Crippen LogP contribution in [0.4, 0.5) is 0 Å². The molecule has 234 valence electrons. The first-order valence-electron chi connectivity index (χ1n) is 15.3. The van der Waals surface area contributed by atoms with E-state index in [1.54, 1.807) is 30.6 Å². The Morgan fingerprint density at radius 2 is 1.86 bits per heavy atom. The molecule has 4 saturated carbocycles. The van der Waals surface area contributed by atoms with Gasteiger partial charge in [0.05, 0.1) is 31.3 Å². The fourth-order valence-corrected chi connectivity index (χ4v) is 7.39. The number of fused-ring (bicyclic) bond motifs is 4. The Labute approximate surface area is 251 Å². The Balaban J connectivity index is 0.000000254. The second kappa shape index (κ2) is 12.1. The Morgan fingerprint density at radius 3 is 2.40 bits per heavy atom. The third kappa shape index (κ3) is 6.01. The minimum atomic E-state index is -1.14. The summed E-state index contributed by atoms with van der Waals surface area (Å²) in [7, 11) is 1.43. The molecule has 3 N–H and O–H groups in total. The van der Waals surface area contributed by atoms with Gasteiger partial charge < -0.3 is 34.0 Å². The van der Waals surface area contributed by atoms with Crippen molar-refractivity contribution < 1.29 is 38.8 Å². The number of hydrogen-bond donors (Lipinski definition) is 3. The third-order valence-corrected chi connectivity index (χ3v) is 10.3. The molecule has 1 aliphatic heterocycles. The molecule has 2 aromatic rings. The fourth-order valence-electron chi connectivity index (χ4n) is 7.39. The molecule has 2 aromatic heterocycles. The molecule has 0 saturated heterocycles. The van der Waals surface area contributed by atoms with Crippen LogP contribution in [0.15, 0.2) is 39.8 Å². The second-order valence-electron chi connectivity index (χ2n) is 13.2. The van der Waals surface area contributed by atoms with Gasteiger partial charge in [-0.15, -0.1) is 0 Å². The number of ether oxygens (including phenoxy) is 2. The van der Waals surface area contributed by atoms with Crippen molar-refractivity contribution in [2.75, 3.05) is 7.11 Å². The largest absolute Gasteiger partial charge is 0.484 e. The molecule has 10 nitrogen and oxygen atoms in total. The van der Waals surface area contributed by atoms with E-state index in [1.807, 2.05) is 13.8 Å². The van der Waals surface area contributed by atoms with Gasteiger partial charge in [0.25, 0.3) is 0 Å². The zero-order valence-corrected chi connectivity index (χ0v) is 25.3. The van der Waals surface area contributed by atoms with Gasteiger partial charge in [-0.05, 0) is 81.3 Å². The number of methoxy groups -OCH3 is 1. The molecule has 8 atom stereocenters. The highest BCUT2D eigenvalue weighted by Crippen LogP contribution is 2.64. The first-order valence-corrected chi connectivity index (χ1v) is 15.3. The zero-order chi connectivity index (χ0) is 31.1. The molecular formula is C33H43NO9. The van der Waals surface area contributed by atoms with Gasteiger partial charge in [-0.1, -0.05) is 13.8 Å². The van der Waals surface area contributed by atoms with Crippen LogP contribution in [-0.4, -0.2) is 57.5 Å². The monoisotopic (exact) mass is 597 g/mol. The average Bonchev–Trinajstić information content (AvgIpc) is 3.91. The highest BCUT2D eigenvalue weighted by molar-refractivity contribution is 5.74. The number of nitrogens with zero attached hydrogens (tertiary/aromatic N) is 1. The van der Waals surface area contributed by atoms with Gasteiger partial charge in [0.15, 0.2) is 0 Å². The van der Waals surface area contributed by atoms with Crippen LogP contribution >= 0.6 is 0 Å². The summed E-state index contributed by atoms with van der Waals surface area (Å²) >= 11 is 0. The van der Waals surface area contributed by atoms with Crippen LogP contribution in [0.25, 0.3) is 11.3 Å². The van der Waals surface area contributed by atoms with Crippen molar-refractivity contribution in [3.63, 3.8) is 0 Å². The molecule has 0 radical (unpaired) electrons. The molecular weight excluding hydrogens is 554 g/mol. The SMILES string of the molecule is CC1C(O)CCC2(C)C1CC(O)C1(C)Oc3cc(-c4cccnc4)oc(=O)c3C(O)C21.COC(=O)C1CC1.O=CC1CC1. The van der Waals surface area contributed by atoms with Crippen molar-refractivity contribution in [2.45, 2.75) is 89.6 Å². The van der Waals surface area contributed by atoms with Crippen molar-refractivity contribution in [3.8, 4) is 17.1 Å². The number of aliphatic hydroxyl groups excluding tert-OH is 3. The van der Waals surface area contributed by atoms with E-state index in [0.717, 1.165) is 32.0 Å². The lowest BCUT2D eigenvalue weighted by molar-refractivity contribution is -0.242. The summed E-state index contributed by atoms with van der Waals surface area (Å²) in [4.78, 5) is 37.0. The van der Waals surface area contributed by atoms with E-state index < -0.39 is 40.9 Å². The molecule has 7 rings (SSSR count). The molecule has 43 heavy (non-hydrogen) atoms. The van der Waals surface area contributed by atoms with Gasteiger partial charge in [0.1, 0.15) is 29.0 Å². The maximum Gasteiger partial charge on any atom is 0.345 e. The summed E-state index contributed by atoms with van der Waals surface area (Å²) in [6.45, 7) is 5.92. The second-order valence-corrected chi connectivity index (χ2v) is 13.2. The minimum Gasteiger partial charge on any atom is -0.484 e. The predicted octanol–water partition coefficient (Wildman–Crippen LogP) is 3.85. The number of rotatable bonds is 3. The number of pyridine rings is 1. The first-order chi connectivity index (χ1) is 20.4. The molecule has 4 fully saturated rings. The topological polar surface area (TPSA) is 156 Å². The van der Waals surface area contributed by atoms with Crippen LogP contribution in [0.5, 0.6) is 5.75 Å². The lowest BCUT2D eigenvalue weighted by Gasteiger charge is -2.63. The van der Waals surface area contributed by atoms with Crippen LogP contribution in [0.3, 0.4) is 0 Å². The van der Waals surface area contributed by atoms with Gasteiger partial charge in [-0.3, -0.25) is 9.78 Å². The van der Waals surface area contributed by atoms with E-state index in [-0.39, 0.29) is 35.0 Å². The number of hydrogen-bond acceptors (Lipinski definition) is 10. The van der Waals surface area contributed by atoms with Crippen LogP contribution in [0.2, 0.25) is 0 Å². The Hall–Kier alpha value is -3.08. The lowest BCUT2D eigenvalue weighted by atomic mass is 9.46. The van der Waals surface area contributed by atoms with Crippen LogP contribution in [0.1, 0.15) is 77.4 Å². The smallest absolute Gasteiger partial charge is 0.345 e. The van der Waals surface area contributed by atoms with Crippen LogP contribution in [0, 0.1) is 35.0 Å². The average molecular weight is 598 g/mol. The molecule has 3 heterocycles. The summed E-state index contributed by atoms with van der Waals surface area (Å²) in [6.07, 6.45) is 7.95. The van der Waals surface area contributed by atoms with Gasteiger partial charge in [0, 0.05) is 35.9 Å². The Bertz CT molecular complexity index is 1370. The molecule has 0 amide bonds. The van der Waals surface area contributed by atoms with Gasteiger partial charge >= 0.3 is 11.6 Å². The van der Waals surface area contributed by atoms with Gasteiger partial charge in [-0.2, -0.15) is 0 Å². The van der Waals surface area contributed by atoms with Crippen molar-refractivity contribution >= 4 is 12.3 Å². The van der Waals surface area contributed by atoms with Gasteiger partial charge in [0.2, 0.25) is 0 Å². The van der Waals surface area contributed by atoms with Crippen LogP contribution < -0.4 is 10.4 Å². The number of aldehydes is 1. The molecule has 0 spiro atoms. The van der Waals surface area contributed by atoms with E-state index >= 15 is 0 Å². The van der Waals surface area contributed by atoms with Crippen molar-refractivity contribution in [1.82, 2.24) is 4.98 Å². The number of aromatic nitrogens is 1. The highest BCUT2D eigenvalue weighted by atomic mass is 16.5. The lowest BCUT2D eigenvalue weighted by Crippen LogP contribution is -2.68. The van der Waals surface area contributed by atoms with Gasteiger partial charge in [-0.25, -0.2) is 4.79 Å². The third-order valence-electron chi connectivity index (χ3n) is 10.3. The van der Waals surface area contributed by atoms with E-state index in [2.05, 4.69) is 16.6 Å². The number of carbonyl (C=O) groups excluding carboxylic acids is 2. The summed E-state index contributed by atoms with van der Waals surface area (Å²) in [5.41, 5.74) is -1.39. The fraction of sp³-hybridized carbons (Fsp3) is 0.636. The van der Waals surface area contributed by atoms with Crippen LogP contribution in [-0.2, 0) is 14.3 Å². The summed E-state index contributed by atoms with van der Waals surface area (Å²) in [5, 5.41) is 33.1. The summed E-state index contributed by atoms with van der Waals surface area (Å²) < 4.78 is 16.3. The number of carbonyl (C=O) groups is 2. The molecule has 10 heteroatoms. The first kappa shape index (κ1) is 31.3. The Morgan fingerprint density at radius 1 is 1.14 bits per heavy atom. The normalized spacial score (nSPS) is 35.6. The maximum atomic E-state index is 13.0. The molecule has 0 aromatic carbocycles. The highest BCUT2D eigenvalue weighted by Gasteiger charge is 2.66. The van der Waals surface area contributed by atoms with E-state index in [0.29, 0.717) is 36.5 Å². The van der Waals surface area contributed by atoms with Crippen molar-refractivity contribution in [3.05, 3.63) is 46.6 Å². The van der Waals surface area contributed by atoms with E-state index in [9.17, 15) is 29.7 Å². The quantitative estimate of drug-likeness (QED) is 0.351. The standard InChI is InChI=1S/C24H29NO6.C5H8O2.C4H6O/c1-12-14-9-18(27)24(3)21(23(14,2)7-6-15(12)26)20(28)19-17(31-24)10-16(30-22(19)29)13-5-4-8-25-11-13;1-7-5(6)4-2-3-4;5-3-4-1-2-4/h4-5,8,10-12,14-15,18,20-21,26-28H,6-7,9H2,1-3H3;4H,2-3H2,1H3;3-4H,1-2H2. The van der Waals surface area contributed by atoms with Crippen molar-refractivity contribution in [2.24, 2.45) is 35.0 Å². The predicted molar refractivity (Wildman–Crippen MR) is 156 cm³/mol. The number of esters is 1. The maximum absolute atomic E-state index is 13.0. The number of aliphatic hydroxyl groups is 3. The minimum absolute atomic E-state index is 0.00540. The molecule has 5 aliphatic rings. The molecule has 0 bridgehead atoms. The van der Waals surface area contributed by atoms with E-state index in [1.165, 1.54) is 7.11 Å². The molecule has 4 aliphatic carbocycles. The zero-order valence-electron chi connectivity index (χ0n) is 25.3. The summed E-state index contributed by atoms with van der Waals surface area (Å²) in [5.74, 6) is 0.686.